The van der Waals surface area contributed by atoms with Gasteiger partial charge in [0, 0.05) is 36.8 Å². The third-order valence-electron chi connectivity index (χ3n) is 5.80. The smallest absolute Gasteiger partial charge is 0.258 e. The molecule has 1 aromatic carbocycles. The number of carbonyl (C=O) groups is 1. The van der Waals surface area contributed by atoms with Gasteiger partial charge in [0.2, 0.25) is 5.91 Å². The van der Waals surface area contributed by atoms with Gasteiger partial charge in [0.05, 0.1) is 29.0 Å². The molecule has 1 fully saturated rings. The third-order valence-corrected chi connectivity index (χ3v) is 6.51. The Kier molecular flexibility index (Phi) is 7.69. The number of nitrogens with zero attached hydrogens (tertiary/aromatic N) is 5. The number of amides is 1. The standard InChI is InChI=1S/C24H25Cl2FN6O2/c1-14(21-16(25)6-7-17(27)22(21)26)35-24-23(28)29-13-19(31-24)18-5-3-4-15(30-18)12-20(34)33-10-8-32(2)9-11-33/h3-7,13-14H,8-12H2,1-2H3,(H2,28,29). The van der Waals surface area contributed by atoms with E-state index in [1.807, 2.05) is 18.0 Å². The lowest BCUT2D eigenvalue weighted by Gasteiger charge is -2.32. The number of hydrogen-bond acceptors (Lipinski definition) is 7. The van der Waals surface area contributed by atoms with E-state index < -0.39 is 11.9 Å². The van der Waals surface area contributed by atoms with Crippen LogP contribution in [0.5, 0.6) is 5.88 Å². The highest BCUT2D eigenvalue weighted by Crippen LogP contribution is 2.35. The van der Waals surface area contributed by atoms with Crippen LogP contribution in [-0.2, 0) is 11.2 Å². The number of benzene rings is 1. The SMILES string of the molecule is CC(Oc1nc(-c2cccc(CC(=O)N3CCN(C)CC3)n2)cnc1N)c1c(Cl)ccc(F)c1Cl. The summed E-state index contributed by atoms with van der Waals surface area (Å²) >= 11 is 12.3. The lowest BCUT2D eigenvalue weighted by atomic mass is 10.1. The number of ether oxygens (including phenoxy) is 1. The Balaban J connectivity index is 1.53. The number of piperazine rings is 1. The summed E-state index contributed by atoms with van der Waals surface area (Å²) in [7, 11) is 2.04. The van der Waals surface area contributed by atoms with Crippen LogP contribution in [0.3, 0.4) is 0 Å². The summed E-state index contributed by atoms with van der Waals surface area (Å²) in [5.41, 5.74) is 7.80. The predicted octanol–water partition coefficient (Wildman–Crippen LogP) is 4.02. The molecular weight excluding hydrogens is 494 g/mol. The van der Waals surface area contributed by atoms with Crippen LogP contribution in [0.15, 0.2) is 36.5 Å². The molecule has 3 heterocycles. The Bertz CT molecular complexity index is 1240. The summed E-state index contributed by atoms with van der Waals surface area (Å²) in [6.07, 6.45) is 0.915. The van der Waals surface area contributed by atoms with Crippen molar-refractivity contribution >= 4 is 34.9 Å². The maximum absolute atomic E-state index is 14.0. The molecule has 2 N–H and O–H groups in total. The molecule has 184 valence electrons. The number of hydrogen-bond donors (Lipinski definition) is 1. The van der Waals surface area contributed by atoms with Crippen molar-refractivity contribution in [1.29, 1.82) is 0 Å². The second-order valence-electron chi connectivity index (χ2n) is 8.34. The molecule has 35 heavy (non-hydrogen) atoms. The summed E-state index contributed by atoms with van der Waals surface area (Å²) in [5.74, 6) is -0.493. The summed E-state index contributed by atoms with van der Waals surface area (Å²) in [6, 6.07) is 7.96. The minimum atomic E-state index is -0.752. The average molecular weight is 519 g/mol. The largest absolute Gasteiger partial charge is 0.467 e. The van der Waals surface area contributed by atoms with E-state index in [4.69, 9.17) is 33.7 Å². The molecule has 1 aliphatic rings. The fourth-order valence-electron chi connectivity index (χ4n) is 3.78. The van der Waals surface area contributed by atoms with Crippen LogP contribution in [0.1, 0.15) is 24.3 Å². The summed E-state index contributed by atoms with van der Waals surface area (Å²) in [5, 5.41) is 0.123. The van der Waals surface area contributed by atoms with Gasteiger partial charge in [-0.2, -0.15) is 0 Å². The second kappa shape index (κ2) is 10.7. The highest BCUT2D eigenvalue weighted by Gasteiger charge is 2.22. The van der Waals surface area contributed by atoms with Crippen molar-refractivity contribution in [2.75, 3.05) is 39.0 Å². The van der Waals surface area contributed by atoms with Crippen LogP contribution in [0.2, 0.25) is 10.0 Å². The molecule has 8 nitrogen and oxygen atoms in total. The highest BCUT2D eigenvalue weighted by molar-refractivity contribution is 6.36. The van der Waals surface area contributed by atoms with Crippen molar-refractivity contribution < 1.29 is 13.9 Å². The number of anilines is 1. The normalized spacial score (nSPS) is 15.2. The van der Waals surface area contributed by atoms with Crippen molar-refractivity contribution in [3.05, 3.63) is 63.6 Å². The Morgan fingerprint density at radius 2 is 1.89 bits per heavy atom. The molecule has 0 radical (unpaired) electrons. The fourth-order valence-corrected chi connectivity index (χ4v) is 4.45. The van der Waals surface area contributed by atoms with Crippen LogP contribution < -0.4 is 10.5 Å². The van der Waals surface area contributed by atoms with E-state index in [1.165, 1.54) is 18.3 Å². The average Bonchev–Trinajstić information content (AvgIpc) is 2.83. The van der Waals surface area contributed by atoms with Crippen molar-refractivity contribution in [3.63, 3.8) is 0 Å². The molecule has 0 saturated carbocycles. The lowest BCUT2D eigenvalue weighted by Crippen LogP contribution is -2.47. The lowest BCUT2D eigenvalue weighted by molar-refractivity contribution is -0.132. The molecule has 1 aliphatic heterocycles. The van der Waals surface area contributed by atoms with Gasteiger partial charge in [-0.15, -0.1) is 0 Å². The molecule has 1 atom stereocenters. The topological polar surface area (TPSA) is 97.5 Å². The van der Waals surface area contributed by atoms with E-state index in [1.54, 1.807) is 19.1 Å². The Labute approximate surface area is 212 Å². The number of nitrogens with two attached hydrogens (primary N) is 1. The molecule has 0 aliphatic carbocycles. The predicted molar refractivity (Wildman–Crippen MR) is 133 cm³/mol. The molecule has 3 aromatic rings. The van der Waals surface area contributed by atoms with E-state index in [0.29, 0.717) is 30.2 Å². The van der Waals surface area contributed by atoms with E-state index in [2.05, 4.69) is 19.9 Å². The zero-order chi connectivity index (χ0) is 25.1. The van der Waals surface area contributed by atoms with Crippen LogP contribution in [0.25, 0.3) is 11.4 Å². The van der Waals surface area contributed by atoms with Gasteiger partial charge in [-0.1, -0.05) is 29.3 Å². The molecule has 0 spiro atoms. The molecule has 1 saturated heterocycles. The van der Waals surface area contributed by atoms with Crippen molar-refractivity contribution in [1.82, 2.24) is 24.8 Å². The Morgan fingerprint density at radius 3 is 2.63 bits per heavy atom. The number of carbonyl (C=O) groups excluding carboxylic acids is 1. The van der Waals surface area contributed by atoms with Crippen LogP contribution in [0.4, 0.5) is 10.2 Å². The van der Waals surface area contributed by atoms with Gasteiger partial charge < -0.3 is 20.3 Å². The van der Waals surface area contributed by atoms with Gasteiger partial charge in [-0.05, 0) is 38.2 Å². The van der Waals surface area contributed by atoms with Crippen molar-refractivity contribution in [2.45, 2.75) is 19.4 Å². The monoisotopic (exact) mass is 518 g/mol. The molecule has 1 amide bonds. The summed E-state index contributed by atoms with van der Waals surface area (Å²) in [6.45, 7) is 4.78. The maximum atomic E-state index is 14.0. The van der Waals surface area contributed by atoms with Gasteiger partial charge in [-0.3, -0.25) is 9.78 Å². The zero-order valence-corrected chi connectivity index (χ0v) is 20.9. The highest BCUT2D eigenvalue weighted by atomic mass is 35.5. The van der Waals surface area contributed by atoms with Crippen molar-refractivity contribution in [3.8, 4) is 17.3 Å². The number of nitrogen functional groups attached to an aromatic ring is 1. The first-order chi connectivity index (χ1) is 16.7. The van der Waals surface area contributed by atoms with E-state index >= 15 is 0 Å². The van der Waals surface area contributed by atoms with Crippen LogP contribution >= 0.6 is 23.2 Å². The molecule has 2 aromatic heterocycles. The number of pyridine rings is 1. The quantitative estimate of drug-likeness (QED) is 0.492. The Morgan fingerprint density at radius 1 is 1.14 bits per heavy atom. The Hall–Kier alpha value is -3.01. The van der Waals surface area contributed by atoms with E-state index in [0.717, 1.165) is 13.1 Å². The van der Waals surface area contributed by atoms with Crippen LogP contribution in [-0.4, -0.2) is 63.9 Å². The van der Waals surface area contributed by atoms with Crippen LogP contribution in [0, 0.1) is 5.82 Å². The molecule has 1 unspecified atom stereocenters. The third kappa shape index (κ3) is 5.80. The fraction of sp³-hybridized carbons (Fsp3) is 0.333. The molecule has 0 bridgehead atoms. The second-order valence-corrected chi connectivity index (χ2v) is 9.12. The van der Waals surface area contributed by atoms with Gasteiger partial charge in [0.25, 0.3) is 5.88 Å². The zero-order valence-electron chi connectivity index (χ0n) is 19.3. The minimum absolute atomic E-state index is 0.0344. The first-order valence-electron chi connectivity index (χ1n) is 11.1. The molecular formula is C24H25Cl2FN6O2. The summed E-state index contributed by atoms with van der Waals surface area (Å²) in [4.78, 5) is 30.0. The number of rotatable bonds is 6. The molecule has 11 heteroatoms. The van der Waals surface area contributed by atoms with Gasteiger partial charge in [-0.25, -0.2) is 14.4 Å². The number of aromatic nitrogens is 3. The van der Waals surface area contributed by atoms with E-state index in [9.17, 15) is 9.18 Å². The van der Waals surface area contributed by atoms with Gasteiger partial charge in [0.15, 0.2) is 5.82 Å². The van der Waals surface area contributed by atoms with E-state index in [-0.39, 0.29) is 39.6 Å². The first kappa shape index (κ1) is 25.1. The maximum Gasteiger partial charge on any atom is 0.258 e. The minimum Gasteiger partial charge on any atom is -0.467 e. The van der Waals surface area contributed by atoms with Gasteiger partial charge in [0.1, 0.15) is 17.6 Å². The number of likely N-dealkylation sites (N-methyl/N-ethyl adjacent to an activating group) is 1. The number of halogens is 3. The van der Waals surface area contributed by atoms with Gasteiger partial charge >= 0.3 is 0 Å². The van der Waals surface area contributed by atoms with Crippen molar-refractivity contribution in [2.24, 2.45) is 0 Å². The molecule has 4 rings (SSSR count). The summed E-state index contributed by atoms with van der Waals surface area (Å²) < 4.78 is 19.8. The first-order valence-corrected chi connectivity index (χ1v) is 11.8.